The second-order valence-corrected chi connectivity index (χ2v) is 8.02. The van der Waals surface area contributed by atoms with Gasteiger partial charge < -0.3 is 9.32 Å². The molecule has 0 fully saturated rings. The van der Waals surface area contributed by atoms with Gasteiger partial charge in [0.2, 0.25) is 5.91 Å². The minimum absolute atomic E-state index is 0.240. The van der Waals surface area contributed by atoms with Gasteiger partial charge in [0, 0.05) is 11.3 Å². The lowest BCUT2D eigenvalue weighted by Gasteiger charge is -2.23. The molecule has 2 aromatic heterocycles. The van der Waals surface area contributed by atoms with Crippen molar-refractivity contribution in [2.75, 3.05) is 12.3 Å². The van der Waals surface area contributed by atoms with Gasteiger partial charge in [0.25, 0.3) is 0 Å². The van der Waals surface area contributed by atoms with Crippen LogP contribution in [0.5, 0.6) is 0 Å². The summed E-state index contributed by atoms with van der Waals surface area (Å²) in [4.78, 5) is 13.5. The Morgan fingerprint density at radius 1 is 0.970 bits per heavy atom. The molecule has 0 aliphatic carbocycles. The van der Waals surface area contributed by atoms with E-state index in [2.05, 4.69) is 10.2 Å². The third-order valence-electron chi connectivity index (χ3n) is 4.65. The van der Waals surface area contributed by atoms with Crippen molar-refractivity contribution in [1.29, 1.82) is 0 Å². The van der Waals surface area contributed by atoms with E-state index in [-0.39, 0.29) is 18.1 Å². The predicted octanol–water partition coefficient (Wildman–Crippen LogP) is 5.21. The summed E-state index contributed by atoms with van der Waals surface area (Å²) in [6.07, 6.45) is -3.18. The van der Waals surface area contributed by atoms with Gasteiger partial charge in [-0.25, -0.2) is 0 Å². The Bertz CT molecular complexity index is 1180. The van der Waals surface area contributed by atoms with E-state index in [1.54, 1.807) is 10.6 Å². The van der Waals surface area contributed by atoms with Crippen LogP contribution in [0.1, 0.15) is 5.76 Å². The number of furan rings is 1. The van der Waals surface area contributed by atoms with Crippen LogP contribution >= 0.6 is 11.8 Å². The lowest BCUT2D eigenvalue weighted by atomic mass is 10.2. The number of carbonyl (C=O) groups is 1. The number of aromatic nitrogens is 3. The topological polar surface area (TPSA) is 64.2 Å². The number of alkyl halides is 3. The molecule has 2 heterocycles. The summed E-state index contributed by atoms with van der Waals surface area (Å²) in [6, 6.07) is 21.8. The fourth-order valence-corrected chi connectivity index (χ4v) is 4.06. The van der Waals surface area contributed by atoms with Gasteiger partial charge in [-0.15, -0.1) is 10.2 Å². The van der Waals surface area contributed by atoms with Crippen molar-refractivity contribution in [1.82, 2.24) is 19.7 Å². The van der Waals surface area contributed by atoms with E-state index < -0.39 is 18.6 Å². The normalized spacial score (nSPS) is 11.5. The van der Waals surface area contributed by atoms with Crippen LogP contribution in [-0.2, 0) is 11.3 Å². The number of thioether (sulfide) groups is 1. The van der Waals surface area contributed by atoms with Crippen molar-refractivity contribution < 1.29 is 22.4 Å². The van der Waals surface area contributed by atoms with Crippen molar-refractivity contribution in [2.45, 2.75) is 17.9 Å². The molecule has 0 radical (unpaired) electrons. The Balaban J connectivity index is 1.58. The monoisotopic (exact) mass is 472 g/mol. The number of benzene rings is 2. The van der Waals surface area contributed by atoms with Gasteiger partial charge in [0.05, 0.1) is 18.6 Å². The van der Waals surface area contributed by atoms with Crippen molar-refractivity contribution >= 4 is 17.7 Å². The third-order valence-corrected chi connectivity index (χ3v) is 5.57. The Labute approximate surface area is 192 Å². The molecule has 170 valence electrons. The number of hydrogen-bond donors (Lipinski definition) is 0. The maximum absolute atomic E-state index is 13.1. The first-order chi connectivity index (χ1) is 15.9. The number of hydrogen-bond acceptors (Lipinski definition) is 5. The molecule has 0 aliphatic rings. The minimum Gasteiger partial charge on any atom is -0.467 e. The summed E-state index contributed by atoms with van der Waals surface area (Å²) in [6.45, 7) is -1.64. The highest BCUT2D eigenvalue weighted by atomic mass is 32.2. The molecule has 0 bridgehead atoms. The SMILES string of the molecule is O=C(CSc1nnc(-c2ccccc2)n1-c1ccccc1)N(Cc1ccco1)CC(F)(F)F. The summed E-state index contributed by atoms with van der Waals surface area (Å²) < 4.78 is 46.1. The maximum Gasteiger partial charge on any atom is 0.406 e. The molecule has 6 nitrogen and oxygen atoms in total. The average molecular weight is 472 g/mol. The quantitative estimate of drug-likeness (QED) is 0.330. The minimum atomic E-state index is -4.53. The van der Waals surface area contributed by atoms with E-state index in [0.717, 1.165) is 27.9 Å². The molecule has 0 atom stereocenters. The number of carbonyl (C=O) groups excluding carboxylic acids is 1. The van der Waals surface area contributed by atoms with Gasteiger partial charge in [-0.2, -0.15) is 13.2 Å². The van der Waals surface area contributed by atoms with E-state index in [9.17, 15) is 18.0 Å². The van der Waals surface area contributed by atoms with Crippen LogP contribution in [0.15, 0.2) is 88.6 Å². The average Bonchev–Trinajstić information content (AvgIpc) is 3.47. The Morgan fingerprint density at radius 3 is 2.30 bits per heavy atom. The zero-order valence-corrected chi connectivity index (χ0v) is 18.1. The van der Waals surface area contributed by atoms with Crippen molar-refractivity contribution in [3.05, 3.63) is 84.8 Å². The zero-order valence-electron chi connectivity index (χ0n) is 17.3. The number of para-hydroxylation sites is 1. The molecule has 2 aromatic carbocycles. The van der Waals surface area contributed by atoms with Crippen LogP contribution in [0.2, 0.25) is 0 Å². The van der Waals surface area contributed by atoms with E-state index in [4.69, 9.17) is 4.42 Å². The fraction of sp³-hybridized carbons (Fsp3) is 0.174. The molecule has 1 amide bonds. The molecule has 33 heavy (non-hydrogen) atoms. The molecule has 0 aliphatic heterocycles. The van der Waals surface area contributed by atoms with E-state index in [1.165, 1.54) is 12.3 Å². The van der Waals surface area contributed by atoms with Crippen LogP contribution in [0, 0.1) is 0 Å². The summed E-state index contributed by atoms with van der Waals surface area (Å²) in [7, 11) is 0. The first-order valence-corrected chi connectivity index (χ1v) is 11.0. The highest BCUT2D eigenvalue weighted by molar-refractivity contribution is 7.99. The number of amides is 1. The van der Waals surface area contributed by atoms with Crippen molar-refractivity contribution in [3.8, 4) is 17.1 Å². The molecular formula is C23H19F3N4O2S. The molecule has 4 aromatic rings. The van der Waals surface area contributed by atoms with E-state index >= 15 is 0 Å². The highest BCUT2D eigenvalue weighted by Crippen LogP contribution is 2.28. The summed E-state index contributed by atoms with van der Waals surface area (Å²) in [5.41, 5.74) is 1.60. The van der Waals surface area contributed by atoms with Crippen molar-refractivity contribution in [2.24, 2.45) is 0 Å². The molecule has 0 saturated heterocycles. The number of rotatable bonds is 8. The molecule has 0 spiro atoms. The fourth-order valence-electron chi connectivity index (χ4n) is 3.20. The van der Waals surface area contributed by atoms with Crippen LogP contribution < -0.4 is 0 Å². The van der Waals surface area contributed by atoms with Crippen LogP contribution in [0.4, 0.5) is 13.2 Å². The van der Waals surface area contributed by atoms with E-state index in [1.807, 2.05) is 60.7 Å². The van der Waals surface area contributed by atoms with Gasteiger partial charge in [-0.05, 0) is 24.3 Å². The second-order valence-electron chi connectivity index (χ2n) is 7.08. The lowest BCUT2D eigenvalue weighted by molar-refractivity contribution is -0.161. The standard InChI is InChI=1S/C23H19F3N4O2S/c24-23(25,26)16-29(14-19-12-7-13-32-19)20(31)15-33-22-28-27-21(17-8-3-1-4-9-17)30(22)18-10-5-2-6-11-18/h1-13H,14-16H2. The largest absolute Gasteiger partial charge is 0.467 e. The van der Waals surface area contributed by atoms with Crippen LogP contribution in [0.3, 0.4) is 0 Å². The molecule has 4 rings (SSSR count). The van der Waals surface area contributed by atoms with Gasteiger partial charge in [-0.1, -0.05) is 60.3 Å². The molecule has 10 heteroatoms. The van der Waals surface area contributed by atoms with E-state index in [0.29, 0.717) is 11.0 Å². The summed E-state index contributed by atoms with van der Waals surface area (Å²) >= 11 is 1.03. The van der Waals surface area contributed by atoms with Crippen molar-refractivity contribution in [3.63, 3.8) is 0 Å². The summed E-state index contributed by atoms with van der Waals surface area (Å²) in [5, 5.41) is 8.89. The van der Waals surface area contributed by atoms with Gasteiger partial charge >= 0.3 is 6.18 Å². The molecule has 0 saturated carbocycles. The van der Waals surface area contributed by atoms with Gasteiger partial charge in [0.15, 0.2) is 11.0 Å². The Morgan fingerprint density at radius 2 is 1.67 bits per heavy atom. The van der Waals surface area contributed by atoms with Crippen LogP contribution in [0.25, 0.3) is 17.1 Å². The zero-order chi connectivity index (χ0) is 23.3. The highest BCUT2D eigenvalue weighted by Gasteiger charge is 2.33. The van der Waals surface area contributed by atoms with Crippen LogP contribution in [-0.4, -0.2) is 44.0 Å². The predicted molar refractivity (Wildman–Crippen MR) is 118 cm³/mol. The van der Waals surface area contributed by atoms with Gasteiger partial charge in [0.1, 0.15) is 12.3 Å². The lowest BCUT2D eigenvalue weighted by Crippen LogP contribution is -2.39. The van der Waals surface area contributed by atoms with Gasteiger partial charge in [-0.3, -0.25) is 9.36 Å². The smallest absolute Gasteiger partial charge is 0.406 e. The Hall–Kier alpha value is -3.53. The first-order valence-electron chi connectivity index (χ1n) is 9.97. The molecule has 0 N–H and O–H groups in total. The summed E-state index contributed by atoms with van der Waals surface area (Å²) in [5.74, 6) is -0.0789. The second kappa shape index (κ2) is 9.95. The molecular weight excluding hydrogens is 453 g/mol. The third kappa shape index (κ3) is 5.83. The maximum atomic E-state index is 13.1. The molecule has 0 unspecified atom stereocenters. The Kier molecular flexibility index (Phi) is 6.83. The number of halogens is 3. The number of nitrogens with zero attached hydrogens (tertiary/aromatic N) is 4. The first kappa shape index (κ1) is 22.7.